The molecular weight excluding hydrogens is 368 g/mol. The van der Waals surface area contributed by atoms with Crippen molar-refractivity contribution in [2.75, 3.05) is 45.8 Å². The zero-order chi connectivity index (χ0) is 20.4. The third kappa shape index (κ3) is 4.47. The Morgan fingerprint density at radius 2 is 1.93 bits per heavy atom. The Kier molecular flexibility index (Phi) is 5.90. The summed E-state index contributed by atoms with van der Waals surface area (Å²) in [4.78, 5) is 30.7. The Morgan fingerprint density at radius 3 is 2.66 bits per heavy atom. The van der Waals surface area contributed by atoms with Crippen LogP contribution in [0.2, 0.25) is 0 Å². The molecule has 1 aromatic carbocycles. The minimum atomic E-state index is -0.301. The minimum Gasteiger partial charge on any atom is -0.392 e. The Hall–Kier alpha value is -1.96. The molecule has 1 aromatic rings. The van der Waals surface area contributed by atoms with Crippen molar-refractivity contribution >= 4 is 11.8 Å². The van der Waals surface area contributed by atoms with Crippen molar-refractivity contribution < 1.29 is 14.7 Å². The number of fused-ring (bicyclic) bond motifs is 2. The van der Waals surface area contributed by atoms with Gasteiger partial charge in [0.25, 0.3) is 0 Å². The van der Waals surface area contributed by atoms with Crippen LogP contribution in [-0.4, -0.2) is 95.1 Å². The summed E-state index contributed by atoms with van der Waals surface area (Å²) < 4.78 is 0. The van der Waals surface area contributed by atoms with E-state index < -0.39 is 0 Å². The van der Waals surface area contributed by atoms with Crippen LogP contribution >= 0.6 is 0 Å². The Balaban J connectivity index is 1.36. The van der Waals surface area contributed by atoms with Crippen LogP contribution in [0, 0.1) is 0 Å². The van der Waals surface area contributed by atoms with Crippen LogP contribution in [0.1, 0.15) is 25.3 Å². The maximum absolute atomic E-state index is 12.7. The van der Waals surface area contributed by atoms with Gasteiger partial charge in [0.15, 0.2) is 0 Å². The number of amides is 2. The number of aliphatic hydroxyl groups is 1. The van der Waals surface area contributed by atoms with E-state index in [9.17, 15) is 14.7 Å². The molecule has 158 valence electrons. The van der Waals surface area contributed by atoms with E-state index in [1.54, 1.807) is 0 Å². The quantitative estimate of drug-likeness (QED) is 0.708. The number of carbonyl (C=O) groups is 2. The van der Waals surface area contributed by atoms with Crippen LogP contribution in [0.25, 0.3) is 0 Å². The number of likely N-dealkylation sites (tertiary alicyclic amines) is 1. The summed E-state index contributed by atoms with van der Waals surface area (Å²) in [5, 5.41) is 13.0. The molecule has 0 saturated carbocycles. The predicted molar refractivity (Wildman–Crippen MR) is 110 cm³/mol. The van der Waals surface area contributed by atoms with Gasteiger partial charge in [-0.05, 0) is 18.4 Å². The highest BCUT2D eigenvalue weighted by Gasteiger charge is 2.56. The topological polar surface area (TPSA) is 76.1 Å². The molecule has 2 N–H and O–H groups in total. The molecule has 3 aliphatic heterocycles. The number of nitrogens with one attached hydrogen (secondary N) is 1. The largest absolute Gasteiger partial charge is 0.392 e. The summed E-state index contributed by atoms with van der Waals surface area (Å²) in [7, 11) is 0. The van der Waals surface area contributed by atoms with E-state index in [1.807, 2.05) is 11.0 Å². The molecule has 0 radical (unpaired) electrons. The van der Waals surface area contributed by atoms with Crippen LogP contribution < -0.4 is 5.32 Å². The highest BCUT2D eigenvalue weighted by atomic mass is 16.3. The third-order valence-corrected chi connectivity index (χ3v) is 6.58. The first kappa shape index (κ1) is 20.3. The van der Waals surface area contributed by atoms with Crippen LogP contribution in [0.4, 0.5) is 0 Å². The van der Waals surface area contributed by atoms with Gasteiger partial charge in [-0.2, -0.15) is 0 Å². The van der Waals surface area contributed by atoms with E-state index in [1.165, 1.54) is 12.5 Å². The first-order chi connectivity index (χ1) is 13.9. The Bertz CT molecular complexity index is 735. The first-order valence-corrected chi connectivity index (χ1v) is 10.7. The average Bonchev–Trinajstić information content (AvgIpc) is 3.05. The number of hydrogen-bond donors (Lipinski definition) is 2. The zero-order valence-corrected chi connectivity index (χ0v) is 17.2. The zero-order valence-electron chi connectivity index (χ0n) is 17.2. The molecule has 3 saturated heterocycles. The van der Waals surface area contributed by atoms with Crippen LogP contribution in [-0.2, 0) is 16.0 Å². The standard InChI is InChI=1S/C22H32N4O3/c1-17(27)23-9-7-21(29)25-12-19-11-20(28)13-26(19)22(16-25)14-24(15-22)10-8-18-5-3-2-4-6-18/h2-6,19-20,28H,7-16H2,1H3,(H,23,27)/t19-,20+/m0/s1. The van der Waals surface area contributed by atoms with Gasteiger partial charge in [0.05, 0.1) is 11.6 Å². The van der Waals surface area contributed by atoms with Crippen molar-refractivity contribution in [2.24, 2.45) is 0 Å². The van der Waals surface area contributed by atoms with Crippen molar-refractivity contribution in [1.82, 2.24) is 20.0 Å². The molecule has 0 bridgehead atoms. The van der Waals surface area contributed by atoms with E-state index in [0.29, 0.717) is 26.1 Å². The van der Waals surface area contributed by atoms with Gasteiger partial charge in [-0.3, -0.25) is 19.4 Å². The number of β-amino-alcohol motifs (C(OH)–C–C–N with tert-alkyl or cyclic N) is 1. The number of piperazine rings is 1. The molecule has 7 nitrogen and oxygen atoms in total. The number of carbonyl (C=O) groups excluding carboxylic acids is 2. The monoisotopic (exact) mass is 400 g/mol. The molecule has 3 aliphatic rings. The van der Waals surface area contributed by atoms with Gasteiger partial charge in [-0.1, -0.05) is 30.3 Å². The van der Waals surface area contributed by atoms with E-state index in [-0.39, 0.29) is 29.5 Å². The molecule has 0 aliphatic carbocycles. The summed E-state index contributed by atoms with van der Waals surface area (Å²) in [6, 6.07) is 10.8. The molecule has 29 heavy (non-hydrogen) atoms. The lowest BCUT2D eigenvalue weighted by atomic mass is 9.83. The second-order valence-electron chi connectivity index (χ2n) is 8.87. The van der Waals surface area contributed by atoms with Gasteiger partial charge in [-0.15, -0.1) is 0 Å². The summed E-state index contributed by atoms with van der Waals surface area (Å²) in [5.41, 5.74) is 1.31. The first-order valence-electron chi connectivity index (χ1n) is 10.7. The molecule has 0 aromatic heterocycles. The van der Waals surface area contributed by atoms with E-state index in [0.717, 1.165) is 39.0 Å². The third-order valence-electron chi connectivity index (χ3n) is 6.58. The van der Waals surface area contributed by atoms with Gasteiger partial charge in [0.1, 0.15) is 0 Å². The maximum atomic E-state index is 12.7. The van der Waals surface area contributed by atoms with Gasteiger partial charge in [-0.25, -0.2) is 0 Å². The number of nitrogens with zero attached hydrogens (tertiary/aromatic N) is 3. The number of benzene rings is 1. The number of aliphatic hydroxyl groups excluding tert-OH is 1. The maximum Gasteiger partial charge on any atom is 0.224 e. The van der Waals surface area contributed by atoms with Crippen molar-refractivity contribution in [3.8, 4) is 0 Å². The van der Waals surface area contributed by atoms with Gasteiger partial charge in [0.2, 0.25) is 11.8 Å². The van der Waals surface area contributed by atoms with Crippen molar-refractivity contribution in [3.05, 3.63) is 35.9 Å². The molecular formula is C22H32N4O3. The smallest absolute Gasteiger partial charge is 0.224 e. The lowest BCUT2D eigenvalue weighted by Gasteiger charge is -2.61. The van der Waals surface area contributed by atoms with Crippen LogP contribution in [0.3, 0.4) is 0 Å². The van der Waals surface area contributed by atoms with E-state index in [4.69, 9.17) is 0 Å². The van der Waals surface area contributed by atoms with Crippen molar-refractivity contribution in [1.29, 1.82) is 0 Å². The second kappa shape index (κ2) is 8.42. The Labute approximate surface area is 172 Å². The summed E-state index contributed by atoms with van der Waals surface area (Å²) >= 11 is 0. The van der Waals surface area contributed by atoms with Crippen LogP contribution in [0.15, 0.2) is 30.3 Å². The fourth-order valence-electron chi connectivity index (χ4n) is 5.26. The molecule has 0 unspecified atom stereocenters. The fraction of sp³-hybridized carbons (Fsp3) is 0.636. The SMILES string of the molecule is CC(=O)NCCC(=O)N1C[C@@H]2C[C@@H](O)CN2C2(CN(CCc3ccccc3)C2)C1. The molecule has 7 heteroatoms. The van der Waals surface area contributed by atoms with Crippen LogP contribution in [0.5, 0.6) is 0 Å². The van der Waals surface area contributed by atoms with Gasteiger partial charge >= 0.3 is 0 Å². The normalized spacial score (nSPS) is 26.2. The summed E-state index contributed by atoms with van der Waals surface area (Å²) in [6.07, 6.45) is 1.80. The summed E-state index contributed by atoms with van der Waals surface area (Å²) in [5.74, 6) is -0.00652. The molecule has 3 heterocycles. The highest BCUT2D eigenvalue weighted by molar-refractivity contribution is 5.78. The number of rotatable bonds is 6. The predicted octanol–water partition coefficient (Wildman–Crippen LogP) is 0.0871. The van der Waals surface area contributed by atoms with Gasteiger partial charge in [0, 0.05) is 65.2 Å². The van der Waals surface area contributed by atoms with Gasteiger partial charge < -0.3 is 15.3 Å². The highest BCUT2D eigenvalue weighted by Crippen LogP contribution is 2.39. The molecule has 4 rings (SSSR count). The van der Waals surface area contributed by atoms with Crippen molar-refractivity contribution in [2.45, 2.75) is 43.9 Å². The fourth-order valence-corrected chi connectivity index (χ4v) is 5.26. The Morgan fingerprint density at radius 1 is 1.17 bits per heavy atom. The second-order valence-corrected chi connectivity index (χ2v) is 8.87. The lowest BCUT2D eigenvalue weighted by Crippen LogP contribution is -2.78. The van der Waals surface area contributed by atoms with E-state index >= 15 is 0 Å². The minimum absolute atomic E-state index is 0.0409. The molecule has 3 fully saturated rings. The summed E-state index contributed by atoms with van der Waals surface area (Å²) in [6.45, 7) is 6.87. The lowest BCUT2D eigenvalue weighted by molar-refractivity contribution is -0.150. The average molecular weight is 401 g/mol. The van der Waals surface area contributed by atoms with E-state index in [2.05, 4.69) is 39.4 Å². The number of hydrogen-bond acceptors (Lipinski definition) is 5. The van der Waals surface area contributed by atoms with Crippen molar-refractivity contribution in [3.63, 3.8) is 0 Å². The molecule has 2 atom stereocenters. The molecule has 2 amide bonds. The molecule has 1 spiro atoms.